The minimum absolute atomic E-state index is 0.00676. The molecule has 1 amide bonds. The molecule has 2 unspecified atom stereocenters. The van der Waals surface area contributed by atoms with Gasteiger partial charge in [0.2, 0.25) is 0 Å². The van der Waals surface area contributed by atoms with Crippen LogP contribution < -0.4 is 5.32 Å². The van der Waals surface area contributed by atoms with Crippen LogP contribution in [0.1, 0.15) is 71.2 Å². The second-order valence-corrected chi connectivity index (χ2v) is 9.00. The van der Waals surface area contributed by atoms with Crippen molar-refractivity contribution in [3.63, 3.8) is 0 Å². The van der Waals surface area contributed by atoms with E-state index in [1.54, 1.807) is 17.3 Å². The minimum Gasteiger partial charge on any atom is -0.387 e. The molecule has 174 valence electrons. The van der Waals surface area contributed by atoms with E-state index in [-0.39, 0.29) is 18.0 Å². The number of aromatic amines is 1. The number of hydrogen-bond acceptors (Lipinski definition) is 5. The third kappa shape index (κ3) is 5.31. The lowest BCUT2D eigenvalue weighted by Crippen LogP contribution is -2.35. The molecule has 3 N–H and O–H groups in total. The first kappa shape index (κ1) is 23.1. The summed E-state index contributed by atoms with van der Waals surface area (Å²) in [6, 6.07) is 13.9. The third-order valence-electron chi connectivity index (χ3n) is 6.61. The van der Waals surface area contributed by atoms with Gasteiger partial charge in [-0.2, -0.15) is 5.10 Å². The highest BCUT2D eigenvalue weighted by Gasteiger charge is 2.30. The molecule has 4 atom stereocenters. The van der Waals surface area contributed by atoms with Crippen molar-refractivity contribution in [2.24, 2.45) is 0 Å². The second-order valence-electron chi connectivity index (χ2n) is 9.00. The van der Waals surface area contributed by atoms with Crippen LogP contribution in [0.2, 0.25) is 0 Å². The molecule has 1 saturated heterocycles. The van der Waals surface area contributed by atoms with Crippen molar-refractivity contribution >= 4 is 5.91 Å². The van der Waals surface area contributed by atoms with Crippen LogP contribution in [0, 0.1) is 6.92 Å². The van der Waals surface area contributed by atoms with Crippen LogP contribution in [-0.4, -0.2) is 50.2 Å². The number of benzene rings is 1. The van der Waals surface area contributed by atoms with Crippen molar-refractivity contribution in [2.45, 2.75) is 63.8 Å². The largest absolute Gasteiger partial charge is 0.387 e. The molecule has 0 radical (unpaired) electrons. The molecule has 1 aromatic carbocycles. The number of aliphatic hydroxyl groups excluding tert-OH is 1. The second kappa shape index (κ2) is 10.3. The van der Waals surface area contributed by atoms with E-state index < -0.39 is 6.10 Å². The summed E-state index contributed by atoms with van der Waals surface area (Å²) >= 11 is 0. The van der Waals surface area contributed by atoms with Gasteiger partial charge in [0.1, 0.15) is 0 Å². The van der Waals surface area contributed by atoms with Crippen molar-refractivity contribution in [1.82, 2.24) is 25.4 Å². The van der Waals surface area contributed by atoms with Crippen molar-refractivity contribution in [3.05, 3.63) is 82.9 Å². The molecule has 1 aliphatic rings. The van der Waals surface area contributed by atoms with Crippen LogP contribution in [0.4, 0.5) is 0 Å². The number of hydrogen-bond donors (Lipinski definition) is 3. The summed E-state index contributed by atoms with van der Waals surface area (Å²) in [5, 5.41) is 21.5. The maximum atomic E-state index is 13.1. The first-order valence-electron chi connectivity index (χ1n) is 11.7. The van der Waals surface area contributed by atoms with E-state index >= 15 is 0 Å². The first-order valence-corrected chi connectivity index (χ1v) is 11.7. The van der Waals surface area contributed by atoms with Crippen molar-refractivity contribution < 1.29 is 9.90 Å². The Morgan fingerprint density at radius 3 is 2.67 bits per heavy atom. The van der Waals surface area contributed by atoms with Crippen molar-refractivity contribution in [3.8, 4) is 0 Å². The Morgan fingerprint density at radius 2 is 2.03 bits per heavy atom. The molecule has 0 spiro atoms. The van der Waals surface area contributed by atoms with Gasteiger partial charge in [-0.3, -0.25) is 14.9 Å². The number of rotatable bonds is 8. The average molecular weight is 448 g/mol. The number of carbonyl (C=O) groups is 1. The van der Waals surface area contributed by atoms with Gasteiger partial charge in [-0.1, -0.05) is 25.1 Å². The van der Waals surface area contributed by atoms with E-state index in [2.05, 4.69) is 27.4 Å². The Labute approximate surface area is 195 Å². The number of aliphatic hydroxyl groups is 1. The van der Waals surface area contributed by atoms with Crippen LogP contribution >= 0.6 is 0 Å². The Balaban J connectivity index is 1.35. The number of carbonyl (C=O) groups excluding carboxylic acids is 1. The molecule has 3 heterocycles. The van der Waals surface area contributed by atoms with Gasteiger partial charge >= 0.3 is 0 Å². The fourth-order valence-electron chi connectivity index (χ4n) is 4.75. The molecule has 1 aliphatic heterocycles. The van der Waals surface area contributed by atoms with Crippen LogP contribution in [0.5, 0.6) is 0 Å². The number of H-pyrrole nitrogens is 1. The lowest BCUT2D eigenvalue weighted by Gasteiger charge is -2.26. The lowest BCUT2D eigenvalue weighted by atomic mass is 10.0. The molecule has 0 aliphatic carbocycles. The number of nitrogens with zero attached hydrogens (tertiary/aromatic N) is 3. The van der Waals surface area contributed by atoms with Crippen molar-refractivity contribution in [1.29, 1.82) is 0 Å². The third-order valence-corrected chi connectivity index (χ3v) is 6.61. The fourth-order valence-corrected chi connectivity index (χ4v) is 4.75. The van der Waals surface area contributed by atoms with Crippen LogP contribution in [0.15, 0.2) is 54.9 Å². The van der Waals surface area contributed by atoms with Gasteiger partial charge in [-0.25, -0.2) is 0 Å². The molecule has 2 aromatic heterocycles. The van der Waals surface area contributed by atoms with Gasteiger partial charge in [0, 0.05) is 48.3 Å². The molecular weight excluding hydrogens is 414 g/mol. The highest BCUT2D eigenvalue weighted by Crippen LogP contribution is 2.27. The standard InChI is InChI=1S/C26H33N5O2/c1-4-24(23-14-17(2)29-30-23)31(3)26(33)19-9-7-18(8-10-19)15-21-11-12-22(28-21)25(32)20-6-5-13-27-16-20/h5-10,13-14,16,21-22,24-25,28,32H,4,11-12,15H2,1-3H3,(H,29,30)/t21-,22+,24?,25?/m0/s1. The van der Waals surface area contributed by atoms with Crippen LogP contribution in [-0.2, 0) is 6.42 Å². The molecule has 7 nitrogen and oxygen atoms in total. The number of aryl methyl sites for hydroxylation is 1. The summed E-state index contributed by atoms with van der Waals surface area (Å²) in [5.41, 5.74) is 4.58. The van der Waals surface area contributed by atoms with E-state index in [4.69, 9.17) is 0 Å². The van der Waals surface area contributed by atoms with Gasteiger partial charge in [-0.15, -0.1) is 0 Å². The van der Waals surface area contributed by atoms with E-state index in [0.717, 1.165) is 42.6 Å². The van der Waals surface area contributed by atoms with Crippen molar-refractivity contribution in [2.75, 3.05) is 7.05 Å². The fraction of sp³-hybridized carbons (Fsp3) is 0.423. The molecule has 7 heteroatoms. The lowest BCUT2D eigenvalue weighted by molar-refractivity contribution is 0.0722. The summed E-state index contributed by atoms with van der Waals surface area (Å²) in [6.45, 7) is 4.03. The first-order chi connectivity index (χ1) is 16.0. The quantitative estimate of drug-likeness (QED) is 0.489. The van der Waals surface area contributed by atoms with E-state index in [9.17, 15) is 9.90 Å². The predicted molar refractivity (Wildman–Crippen MR) is 128 cm³/mol. The summed E-state index contributed by atoms with van der Waals surface area (Å²) < 4.78 is 0. The average Bonchev–Trinajstić information content (AvgIpc) is 3.49. The number of pyridine rings is 1. The van der Waals surface area contributed by atoms with Gasteiger partial charge in [0.05, 0.1) is 17.8 Å². The van der Waals surface area contributed by atoms with Gasteiger partial charge in [0.25, 0.3) is 5.91 Å². The maximum Gasteiger partial charge on any atom is 0.254 e. The molecule has 0 bridgehead atoms. The van der Waals surface area contributed by atoms with Crippen LogP contribution in [0.3, 0.4) is 0 Å². The van der Waals surface area contributed by atoms with Crippen LogP contribution in [0.25, 0.3) is 0 Å². The molecule has 4 rings (SSSR count). The summed E-state index contributed by atoms with van der Waals surface area (Å²) in [6.07, 6.45) is 6.48. The number of aromatic nitrogens is 3. The Kier molecular flexibility index (Phi) is 7.20. The molecule has 0 saturated carbocycles. The Bertz CT molecular complexity index is 1050. The highest BCUT2D eigenvalue weighted by molar-refractivity contribution is 5.94. The van der Waals surface area contributed by atoms with E-state index in [1.165, 1.54) is 5.56 Å². The zero-order valence-electron chi connectivity index (χ0n) is 19.5. The summed E-state index contributed by atoms with van der Waals surface area (Å²) in [4.78, 5) is 19.0. The Morgan fingerprint density at radius 1 is 1.24 bits per heavy atom. The summed E-state index contributed by atoms with van der Waals surface area (Å²) in [5.74, 6) is -0.00676. The normalized spacial score (nSPS) is 19.9. The molecule has 33 heavy (non-hydrogen) atoms. The predicted octanol–water partition coefficient (Wildman–Crippen LogP) is 3.73. The van der Waals surface area contributed by atoms with E-state index in [0.29, 0.717) is 11.6 Å². The van der Waals surface area contributed by atoms with E-state index in [1.807, 2.05) is 56.4 Å². The zero-order valence-corrected chi connectivity index (χ0v) is 19.5. The molecular formula is C26H33N5O2. The monoisotopic (exact) mass is 447 g/mol. The number of amides is 1. The zero-order chi connectivity index (χ0) is 23.4. The maximum absolute atomic E-state index is 13.1. The van der Waals surface area contributed by atoms with Gasteiger partial charge in [-0.05, 0) is 62.4 Å². The molecule has 1 fully saturated rings. The van der Waals surface area contributed by atoms with Gasteiger partial charge < -0.3 is 15.3 Å². The topological polar surface area (TPSA) is 94.1 Å². The SMILES string of the molecule is CCC(c1cc(C)[nH]n1)N(C)C(=O)c1ccc(C[C@@H]2CC[C@H](C(O)c3cccnc3)N2)cc1. The Hall–Kier alpha value is -3.03. The minimum atomic E-state index is -0.552. The van der Waals surface area contributed by atoms with Gasteiger partial charge in [0.15, 0.2) is 0 Å². The molecule has 3 aromatic rings. The number of nitrogens with one attached hydrogen (secondary N) is 2. The highest BCUT2D eigenvalue weighted by atomic mass is 16.3. The summed E-state index contributed by atoms with van der Waals surface area (Å²) in [7, 11) is 1.84. The smallest absolute Gasteiger partial charge is 0.254 e.